The fourth-order valence-corrected chi connectivity index (χ4v) is 7.68. The van der Waals surface area contributed by atoms with Crippen LogP contribution in [0.1, 0.15) is 25.5 Å². The van der Waals surface area contributed by atoms with Crippen molar-refractivity contribution in [3.63, 3.8) is 0 Å². The number of rotatable bonds is 9. The molecule has 4 unspecified atom stereocenters. The van der Waals surface area contributed by atoms with Gasteiger partial charge in [-0.3, -0.25) is 23.4 Å². The molecule has 1 saturated carbocycles. The smallest absolute Gasteiger partial charge is 0.387 e. The SMILES string of the molecule is O=c1ccn([C@@H]2O[C@H](COP(=O)(O)OP(=O)(O)OP(=O)(O)C3CCC3)[C@H](O)C2O)c(=O)[nH]1. The number of H-pyrrole nitrogens is 1. The predicted molar refractivity (Wildman–Crippen MR) is 102 cm³/mol. The van der Waals surface area contributed by atoms with Crippen LogP contribution in [0.2, 0.25) is 0 Å². The Balaban J connectivity index is 1.61. The average molecular weight is 522 g/mol. The van der Waals surface area contributed by atoms with Gasteiger partial charge in [0.2, 0.25) is 0 Å². The molecule has 0 radical (unpaired) electrons. The van der Waals surface area contributed by atoms with Crippen LogP contribution in [0.15, 0.2) is 21.9 Å². The monoisotopic (exact) mass is 522 g/mol. The van der Waals surface area contributed by atoms with Crippen molar-refractivity contribution >= 4 is 23.2 Å². The molecule has 0 amide bonds. The lowest BCUT2D eigenvalue weighted by atomic mass is 10.00. The molecule has 1 aromatic heterocycles. The van der Waals surface area contributed by atoms with Crippen LogP contribution in [0.3, 0.4) is 0 Å². The van der Waals surface area contributed by atoms with Gasteiger partial charge in [-0.25, -0.2) is 18.2 Å². The van der Waals surface area contributed by atoms with Gasteiger partial charge in [-0.1, -0.05) is 6.42 Å². The minimum absolute atomic E-state index is 0.264. The van der Waals surface area contributed by atoms with E-state index in [2.05, 4.69) is 13.1 Å². The molecule has 2 aliphatic rings. The fourth-order valence-electron chi connectivity index (χ4n) is 2.99. The Morgan fingerprint density at radius 1 is 1.06 bits per heavy atom. The first kappa shape index (κ1) is 25.6. The summed E-state index contributed by atoms with van der Waals surface area (Å²) >= 11 is 0. The van der Waals surface area contributed by atoms with Gasteiger partial charge in [0, 0.05) is 12.3 Å². The topological polar surface area (TPSA) is 244 Å². The third-order valence-electron chi connectivity index (χ3n) is 4.83. The van der Waals surface area contributed by atoms with Crippen LogP contribution in [0.25, 0.3) is 0 Å². The summed E-state index contributed by atoms with van der Waals surface area (Å²) < 4.78 is 54.4. The highest BCUT2D eigenvalue weighted by atomic mass is 31.3. The summed E-state index contributed by atoms with van der Waals surface area (Å²) in [6, 6.07) is 0.950. The van der Waals surface area contributed by atoms with Crippen LogP contribution in [0, 0.1) is 0 Å². The Kier molecular flexibility index (Phi) is 7.48. The van der Waals surface area contributed by atoms with E-state index in [-0.39, 0.29) is 12.8 Å². The first-order chi connectivity index (χ1) is 14.7. The number of hydrogen-bond acceptors (Lipinski definition) is 11. The van der Waals surface area contributed by atoms with Crippen molar-refractivity contribution in [2.75, 3.05) is 6.61 Å². The van der Waals surface area contributed by atoms with Crippen LogP contribution in [-0.2, 0) is 31.6 Å². The van der Waals surface area contributed by atoms with Gasteiger partial charge in [0.05, 0.1) is 12.3 Å². The van der Waals surface area contributed by atoms with Crippen LogP contribution < -0.4 is 11.2 Å². The third kappa shape index (κ3) is 5.92. The molecule has 0 aromatic carbocycles. The molecule has 1 aliphatic carbocycles. The molecule has 0 bridgehead atoms. The molecule has 1 aliphatic heterocycles. The third-order valence-corrected chi connectivity index (χ3v) is 10.2. The first-order valence-electron chi connectivity index (χ1n) is 9.09. The van der Waals surface area contributed by atoms with Gasteiger partial charge in [0.1, 0.15) is 18.3 Å². The molecule has 16 nitrogen and oxygen atoms in total. The number of nitrogens with one attached hydrogen (secondary N) is 1. The number of phosphoric ester groups is 1. The van der Waals surface area contributed by atoms with E-state index >= 15 is 0 Å². The fraction of sp³-hybridized carbons (Fsp3) is 0.692. The first-order valence-corrected chi connectivity index (χ1v) is 13.7. The minimum Gasteiger partial charge on any atom is -0.387 e. The molecule has 7 atom stereocenters. The van der Waals surface area contributed by atoms with E-state index in [0.29, 0.717) is 6.42 Å². The molecule has 32 heavy (non-hydrogen) atoms. The largest absolute Gasteiger partial charge is 0.488 e. The number of aromatic amines is 1. The van der Waals surface area contributed by atoms with Gasteiger partial charge in [-0.05, 0) is 12.8 Å². The lowest BCUT2D eigenvalue weighted by Gasteiger charge is -2.29. The number of aromatic nitrogens is 2. The summed E-state index contributed by atoms with van der Waals surface area (Å²) in [5, 5.41) is 20.1. The molecule has 3 rings (SSSR count). The summed E-state index contributed by atoms with van der Waals surface area (Å²) in [6.45, 7) is -0.972. The van der Waals surface area contributed by atoms with E-state index in [1.165, 1.54) is 0 Å². The Bertz CT molecular complexity index is 1100. The van der Waals surface area contributed by atoms with Crippen molar-refractivity contribution in [1.82, 2.24) is 9.55 Å². The van der Waals surface area contributed by atoms with Gasteiger partial charge in [-0.2, -0.15) is 4.31 Å². The molecule has 1 saturated heterocycles. The van der Waals surface area contributed by atoms with Gasteiger partial charge in [0.15, 0.2) is 6.23 Å². The van der Waals surface area contributed by atoms with Gasteiger partial charge < -0.3 is 29.6 Å². The molecule has 2 heterocycles. The minimum atomic E-state index is -5.51. The highest BCUT2D eigenvalue weighted by Gasteiger charge is 2.48. The number of phosphoric acid groups is 2. The van der Waals surface area contributed by atoms with Crippen LogP contribution in [0.5, 0.6) is 0 Å². The van der Waals surface area contributed by atoms with Gasteiger partial charge in [0.25, 0.3) is 5.56 Å². The Labute approximate surface area is 179 Å². The highest BCUT2D eigenvalue weighted by Crippen LogP contribution is 2.70. The Hall–Kier alpha value is -0.990. The zero-order valence-corrected chi connectivity index (χ0v) is 18.8. The van der Waals surface area contributed by atoms with Crippen molar-refractivity contribution < 1.29 is 56.5 Å². The maximum Gasteiger partial charge on any atom is 0.488 e. The normalized spacial score (nSPS) is 31.9. The van der Waals surface area contributed by atoms with Crippen molar-refractivity contribution in [2.45, 2.75) is 49.5 Å². The van der Waals surface area contributed by atoms with Gasteiger partial charge in [-0.15, -0.1) is 0 Å². The molecule has 182 valence electrons. The lowest BCUT2D eigenvalue weighted by Crippen LogP contribution is -2.37. The molecule has 1 aromatic rings. The van der Waals surface area contributed by atoms with Crippen molar-refractivity contribution in [1.29, 1.82) is 0 Å². The van der Waals surface area contributed by atoms with E-state index in [0.717, 1.165) is 16.8 Å². The number of aliphatic hydroxyl groups is 2. The van der Waals surface area contributed by atoms with Crippen LogP contribution in [-0.4, -0.2) is 65.0 Å². The zero-order chi connectivity index (χ0) is 23.9. The number of nitrogens with zero attached hydrogens (tertiary/aromatic N) is 1. The zero-order valence-electron chi connectivity index (χ0n) is 16.1. The quantitative estimate of drug-likeness (QED) is 0.216. The summed E-state index contributed by atoms with van der Waals surface area (Å²) in [6.07, 6.45) is -4.36. The van der Waals surface area contributed by atoms with Crippen molar-refractivity contribution in [3.05, 3.63) is 33.1 Å². The average Bonchev–Trinajstić information content (AvgIpc) is 2.84. The number of hydrogen-bond donors (Lipinski definition) is 6. The molecular weight excluding hydrogens is 501 g/mol. The second-order valence-corrected chi connectivity index (χ2v) is 12.4. The standard InChI is InChI=1S/C13H21N2O14P3/c16-9-4-5-15(13(19)14-9)12-11(18)10(17)8(27-12)6-26-31(22,23)29-32(24,25)28-30(20,21)7-2-1-3-7/h4-5,7-8,10-12,17-18H,1-3,6H2,(H,20,21)(H,22,23)(H,24,25)(H,14,16,19)/t8-,10+,11?,12-/m1/s1. The lowest BCUT2D eigenvalue weighted by molar-refractivity contribution is -0.0542. The van der Waals surface area contributed by atoms with E-state index < -0.39 is 71.3 Å². The Morgan fingerprint density at radius 2 is 1.72 bits per heavy atom. The second-order valence-electron chi connectivity index (χ2n) is 7.11. The van der Waals surface area contributed by atoms with E-state index in [9.17, 15) is 48.2 Å². The predicted octanol–water partition coefficient (Wildman–Crippen LogP) is -0.856. The highest BCUT2D eigenvalue weighted by molar-refractivity contribution is 7.68. The molecule has 2 fully saturated rings. The molecule has 19 heteroatoms. The van der Waals surface area contributed by atoms with Crippen LogP contribution in [0.4, 0.5) is 0 Å². The second kappa shape index (κ2) is 9.34. The van der Waals surface area contributed by atoms with Crippen LogP contribution >= 0.6 is 23.2 Å². The molecule has 0 spiro atoms. The van der Waals surface area contributed by atoms with E-state index in [1.54, 1.807) is 0 Å². The summed E-state index contributed by atoms with van der Waals surface area (Å²) in [4.78, 5) is 53.8. The van der Waals surface area contributed by atoms with E-state index in [4.69, 9.17) is 4.74 Å². The van der Waals surface area contributed by atoms with Gasteiger partial charge >= 0.3 is 28.9 Å². The maximum absolute atomic E-state index is 12.0. The summed E-state index contributed by atoms with van der Waals surface area (Å²) in [7, 11) is -15.5. The number of ether oxygens (including phenoxy) is 1. The number of aliphatic hydroxyl groups excluding tert-OH is 2. The molecular formula is C13H21N2O14P3. The summed E-state index contributed by atoms with van der Waals surface area (Å²) in [5.74, 6) is 0. The summed E-state index contributed by atoms with van der Waals surface area (Å²) in [5.41, 5.74) is -2.59. The van der Waals surface area contributed by atoms with E-state index in [1.807, 2.05) is 4.98 Å². The molecule has 6 N–H and O–H groups in total. The Morgan fingerprint density at radius 3 is 2.28 bits per heavy atom. The van der Waals surface area contributed by atoms with Crippen molar-refractivity contribution in [2.24, 2.45) is 0 Å². The van der Waals surface area contributed by atoms with Crippen molar-refractivity contribution in [3.8, 4) is 0 Å². The maximum atomic E-state index is 12.0.